The van der Waals surface area contributed by atoms with Gasteiger partial charge in [0.25, 0.3) is 0 Å². The number of likely N-dealkylation sites (tertiary alicyclic amines) is 1. The first-order chi connectivity index (χ1) is 13.9. The molecule has 5 nitrogen and oxygen atoms in total. The van der Waals surface area contributed by atoms with Crippen molar-refractivity contribution in [1.82, 2.24) is 4.90 Å². The maximum absolute atomic E-state index is 13.2. The molecule has 2 aromatic carbocycles. The van der Waals surface area contributed by atoms with Crippen LogP contribution in [0.1, 0.15) is 12.0 Å². The Balaban J connectivity index is 1.43. The van der Waals surface area contributed by atoms with E-state index in [0.29, 0.717) is 17.3 Å². The van der Waals surface area contributed by atoms with Gasteiger partial charge in [0.15, 0.2) is 0 Å². The Labute approximate surface area is 171 Å². The molecule has 0 amide bonds. The average Bonchev–Trinajstić information content (AvgIpc) is 3.34. The van der Waals surface area contributed by atoms with E-state index >= 15 is 0 Å². The van der Waals surface area contributed by atoms with Gasteiger partial charge in [0.1, 0.15) is 18.2 Å². The highest BCUT2D eigenvalue weighted by molar-refractivity contribution is 6.30. The molecule has 0 N–H and O–H groups in total. The Bertz CT molecular complexity index is 876. The number of benzene rings is 2. The first-order valence-corrected chi connectivity index (χ1v) is 9.55. The van der Waals surface area contributed by atoms with Crippen LogP contribution in [-0.2, 0) is 11.4 Å². The van der Waals surface area contributed by atoms with E-state index < -0.39 is 12.4 Å². The molecule has 4 rings (SSSR count). The molecule has 2 unspecified atom stereocenters. The van der Waals surface area contributed by atoms with Gasteiger partial charge in [-0.2, -0.15) is 13.2 Å². The number of alkyl halides is 3. The minimum Gasteiger partial charge on any atom is -0.487 e. The van der Waals surface area contributed by atoms with Crippen molar-refractivity contribution in [2.24, 2.45) is 5.16 Å². The van der Waals surface area contributed by atoms with E-state index in [1.54, 1.807) is 24.3 Å². The number of halogens is 4. The van der Waals surface area contributed by atoms with Crippen molar-refractivity contribution in [2.75, 3.05) is 18.0 Å². The average molecular weight is 426 g/mol. The van der Waals surface area contributed by atoms with Gasteiger partial charge in [-0.15, -0.1) is 0 Å². The van der Waals surface area contributed by atoms with Crippen molar-refractivity contribution in [3.63, 3.8) is 0 Å². The molecule has 2 aliphatic rings. The van der Waals surface area contributed by atoms with Gasteiger partial charge >= 0.3 is 12.4 Å². The van der Waals surface area contributed by atoms with Crippen molar-refractivity contribution in [3.8, 4) is 5.75 Å². The number of hydrogen-bond donors (Lipinski definition) is 0. The number of hydrogen-bond acceptors (Lipinski definition) is 5. The lowest BCUT2D eigenvalue weighted by Gasteiger charge is -2.26. The minimum atomic E-state index is -4.58. The van der Waals surface area contributed by atoms with Crippen molar-refractivity contribution in [2.45, 2.75) is 31.5 Å². The lowest BCUT2D eigenvalue weighted by molar-refractivity contribution is -0.211. The summed E-state index contributed by atoms with van der Waals surface area (Å²) < 4.78 is 45.7. The molecule has 0 spiro atoms. The highest BCUT2D eigenvalue weighted by Gasteiger charge is 2.49. The molecule has 2 aromatic rings. The second-order valence-electron chi connectivity index (χ2n) is 6.99. The van der Waals surface area contributed by atoms with Gasteiger partial charge < -0.3 is 9.57 Å². The molecular weight excluding hydrogens is 407 g/mol. The number of oxime groups is 1. The number of nitrogens with zero attached hydrogens (tertiary/aromatic N) is 3. The second-order valence-corrected chi connectivity index (χ2v) is 7.42. The van der Waals surface area contributed by atoms with Gasteiger partial charge in [-0.1, -0.05) is 41.0 Å². The predicted molar refractivity (Wildman–Crippen MR) is 104 cm³/mol. The van der Waals surface area contributed by atoms with E-state index in [2.05, 4.69) is 14.9 Å². The summed E-state index contributed by atoms with van der Waals surface area (Å²) in [6.45, 7) is 2.29. The monoisotopic (exact) mass is 425 g/mol. The summed E-state index contributed by atoms with van der Waals surface area (Å²) in [5, 5.41) is 4.03. The molecule has 2 atom stereocenters. The molecule has 0 aromatic heterocycles. The van der Waals surface area contributed by atoms with Crippen LogP contribution in [0.3, 0.4) is 0 Å². The Morgan fingerprint density at radius 2 is 1.90 bits per heavy atom. The zero-order valence-electron chi connectivity index (χ0n) is 15.3. The smallest absolute Gasteiger partial charge is 0.448 e. The zero-order chi connectivity index (χ0) is 20.4. The minimum absolute atomic E-state index is 0.117. The molecule has 2 aliphatic heterocycles. The van der Waals surface area contributed by atoms with Gasteiger partial charge in [0.2, 0.25) is 0 Å². The van der Waals surface area contributed by atoms with Crippen LogP contribution in [0.4, 0.5) is 18.9 Å². The largest absolute Gasteiger partial charge is 0.487 e. The predicted octanol–water partition coefficient (Wildman–Crippen LogP) is 4.66. The zero-order valence-corrected chi connectivity index (χ0v) is 16.1. The summed E-state index contributed by atoms with van der Waals surface area (Å²) in [4.78, 5) is 7.68. The number of para-hydroxylation sites is 2. The summed E-state index contributed by atoms with van der Waals surface area (Å²) in [7, 11) is 0. The molecule has 1 fully saturated rings. The van der Waals surface area contributed by atoms with Crippen LogP contribution in [0.25, 0.3) is 0 Å². The van der Waals surface area contributed by atoms with Gasteiger partial charge in [-0.05, 0) is 36.2 Å². The molecular formula is C20H19ClF3N3O2. The van der Waals surface area contributed by atoms with Crippen LogP contribution in [0.2, 0.25) is 5.02 Å². The van der Waals surface area contributed by atoms with E-state index in [0.717, 1.165) is 36.3 Å². The molecule has 0 bridgehead atoms. The van der Waals surface area contributed by atoms with E-state index in [1.807, 2.05) is 24.3 Å². The maximum atomic E-state index is 13.2. The number of ether oxygens (including phenoxy) is 1. The summed E-state index contributed by atoms with van der Waals surface area (Å²) in [5.74, 6) is 0.372. The third-order valence-electron chi connectivity index (χ3n) is 4.85. The molecule has 0 saturated carbocycles. The van der Waals surface area contributed by atoms with Gasteiger partial charge in [-0.25, -0.2) is 0 Å². The lowest BCUT2D eigenvalue weighted by atomic mass is 10.2. The summed E-state index contributed by atoms with van der Waals surface area (Å²) in [6.07, 6.45) is -5.03. The third-order valence-corrected chi connectivity index (χ3v) is 5.10. The summed E-state index contributed by atoms with van der Waals surface area (Å²) in [6, 6.07) is 14.3. The SMILES string of the molecule is FC(F)(F)C1ON=CN1c1ccccc1OC1CCN(Cc2ccc(Cl)cc2)C1. The van der Waals surface area contributed by atoms with E-state index in [1.165, 1.54) is 0 Å². The van der Waals surface area contributed by atoms with Gasteiger partial charge in [0.05, 0.1) is 5.69 Å². The number of anilines is 1. The highest BCUT2D eigenvalue weighted by atomic mass is 35.5. The van der Waals surface area contributed by atoms with Crippen LogP contribution in [0, 0.1) is 0 Å². The fraction of sp³-hybridized carbons (Fsp3) is 0.350. The Kier molecular flexibility index (Phi) is 5.56. The lowest BCUT2D eigenvalue weighted by Crippen LogP contribution is -2.43. The Morgan fingerprint density at radius 1 is 1.14 bits per heavy atom. The van der Waals surface area contributed by atoms with Crippen molar-refractivity contribution in [1.29, 1.82) is 0 Å². The molecule has 9 heteroatoms. The Hall–Kier alpha value is -2.45. The van der Waals surface area contributed by atoms with Gasteiger partial charge in [-0.3, -0.25) is 9.80 Å². The fourth-order valence-electron chi connectivity index (χ4n) is 3.49. The van der Waals surface area contributed by atoms with E-state index in [9.17, 15) is 13.2 Å². The topological polar surface area (TPSA) is 37.3 Å². The first kappa shape index (κ1) is 19.8. The van der Waals surface area contributed by atoms with E-state index in [4.69, 9.17) is 16.3 Å². The molecule has 1 saturated heterocycles. The maximum Gasteiger partial charge on any atom is 0.448 e. The number of rotatable bonds is 5. The first-order valence-electron chi connectivity index (χ1n) is 9.17. The van der Waals surface area contributed by atoms with E-state index in [-0.39, 0.29) is 11.8 Å². The summed E-state index contributed by atoms with van der Waals surface area (Å²) in [5.41, 5.74) is 1.42. The molecule has 2 heterocycles. The van der Waals surface area contributed by atoms with Crippen LogP contribution >= 0.6 is 11.6 Å². The normalized spacial score (nSPS) is 22.1. The van der Waals surface area contributed by atoms with Crippen LogP contribution in [-0.4, -0.2) is 42.8 Å². The third kappa shape index (κ3) is 4.59. The van der Waals surface area contributed by atoms with Crippen molar-refractivity contribution >= 4 is 23.6 Å². The van der Waals surface area contributed by atoms with Crippen LogP contribution in [0.15, 0.2) is 53.7 Å². The highest BCUT2D eigenvalue weighted by Crippen LogP contribution is 2.37. The van der Waals surface area contributed by atoms with Crippen molar-refractivity contribution < 1.29 is 22.7 Å². The molecule has 154 valence electrons. The van der Waals surface area contributed by atoms with Crippen molar-refractivity contribution in [3.05, 3.63) is 59.1 Å². The molecule has 29 heavy (non-hydrogen) atoms. The molecule has 0 aliphatic carbocycles. The van der Waals surface area contributed by atoms with Crippen LogP contribution < -0.4 is 9.64 Å². The Morgan fingerprint density at radius 3 is 2.66 bits per heavy atom. The van der Waals surface area contributed by atoms with Gasteiger partial charge in [0, 0.05) is 24.7 Å². The fourth-order valence-corrected chi connectivity index (χ4v) is 3.61. The quantitative estimate of drug-likeness (QED) is 0.698. The summed E-state index contributed by atoms with van der Waals surface area (Å²) >= 11 is 5.92. The second kappa shape index (κ2) is 8.12. The molecule has 0 radical (unpaired) electrons. The van der Waals surface area contributed by atoms with Crippen LogP contribution in [0.5, 0.6) is 5.75 Å². The standard InChI is InChI=1S/C20H19ClF3N3O2/c21-15-7-5-14(6-8-15)11-26-10-9-16(12-26)28-18-4-2-1-3-17(18)27-13-25-29-19(27)20(22,23)24/h1-8,13,16,19H,9-12H2.